The maximum Gasteiger partial charge on any atom is 0.422 e. The molecule has 0 heterocycles. The lowest BCUT2D eigenvalue weighted by Crippen LogP contribution is -2.26. The van der Waals surface area contributed by atoms with Crippen molar-refractivity contribution in [2.24, 2.45) is 11.8 Å². The van der Waals surface area contributed by atoms with E-state index in [4.69, 9.17) is 0 Å². The minimum absolute atomic E-state index is 0.0149. The van der Waals surface area contributed by atoms with E-state index < -0.39 is 49.3 Å². The van der Waals surface area contributed by atoms with E-state index in [1.165, 1.54) is 13.8 Å². The van der Waals surface area contributed by atoms with Crippen LogP contribution in [0.15, 0.2) is 0 Å². The molecule has 10 heteroatoms. The van der Waals surface area contributed by atoms with Gasteiger partial charge in [-0.05, 0) is 12.8 Å². The smallest absolute Gasteiger partial charge is 0.422 e. The predicted molar refractivity (Wildman–Crippen MR) is 61.6 cm³/mol. The largest absolute Gasteiger partial charge is 0.456 e. The average molecular weight is 338 g/mol. The van der Waals surface area contributed by atoms with Crippen LogP contribution in [-0.4, -0.2) is 37.5 Å². The zero-order valence-electron chi connectivity index (χ0n) is 11.9. The summed E-state index contributed by atoms with van der Waals surface area (Å²) in [7, 11) is 0. The molecular formula is C12H16F6O4. The van der Waals surface area contributed by atoms with Crippen molar-refractivity contribution in [2.75, 3.05) is 13.2 Å². The first kappa shape index (κ1) is 20.5. The first-order valence-electron chi connectivity index (χ1n) is 6.28. The normalized spacial score (nSPS) is 15.1. The summed E-state index contributed by atoms with van der Waals surface area (Å²) < 4.78 is 79.1. The highest BCUT2D eigenvalue weighted by atomic mass is 19.4. The molecule has 0 aliphatic rings. The van der Waals surface area contributed by atoms with Gasteiger partial charge in [0, 0.05) is 0 Å². The lowest BCUT2D eigenvalue weighted by molar-refractivity contribution is -0.190. The van der Waals surface area contributed by atoms with Gasteiger partial charge in [-0.3, -0.25) is 9.59 Å². The zero-order chi connectivity index (χ0) is 17.6. The third kappa shape index (κ3) is 10.3. The summed E-state index contributed by atoms with van der Waals surface area (Å²) in [5.74, 6) is -4.01. The zero-order valence-corrected chi connectivity index (χ0v) is 11.9. The van der Waals surface area contributed by atoms with Gasteiger partial charge in [-0.1, -0.05) is 13.8 Å². The van der Waals surface area contributed by atoms with Gasteiger partial charge in [0.2, 0.25) is 0 Å². The molecular weight excluding hydrogens is 322 g/mol. The topological polar surface area (TPSA) is 52.6 Å². The molecule has 0 aliphatic carbocycles. The second-order valence-electron chi connectivity index (χ2n) is 4.83. The highest BCUT2D eigenvalue weighted by Gasteiger charge is 2.32. The second kappa shape index (κ2) is 8.23. The van der Waals surface area contributed by atoms with Gasteiger partial charge in [-0.15, -0.1) is 0 Å². The second-order valence-corrected chi connectivity index (χ2v) is 4.83. The maximum absolute atomic E-state index is 11.9. The van der Waals surface area contributed by atoms with Crippen LogP contribution in [0, 0.1) is 11.8 Å². The Morgan fingerprint density at radius 1 is 0.773 bits per heavy atom. The van der Waals surface area contributed by atoms with Gasteiger partial charge in [0.1, 0.15) is 0 Å². The van der Waals surface area contributed by atoms with Crippen LogP contribution < -0.4 is 0 Å². The van der Waals surface area contributed by atoms with Crippen molar-refractivity contribution in [3.05, 3.63) is 0 Å². The van der Waals surface area contributed by atoms with Crippen molar-refractivity contribution in [2.45, 2.75) is 39.0 Å². The molecule has 0 amide bonds. The van der Waals surface area contributed by atoms with E-state index in [0.717, 1.165) is 0 Å². The van der Waals surface area contributed by atoms with Gasteiger partial charge < -0.3 is 9.47 Å². The first-order chi connectivity index (χ1) is 9.82. The van der Waals surface area contributed by atoms with Crippen LogP contribution in [0.2, 0.25) is 0 Å². The molecule has 0 radical (unpaired) electrons. The molecule has 0 fully saturated rings. The van der Waals surface area contributed by atoms with Crippen molar-refractivity contribution in [1.29, 1.82) is 0 Å². The van der Waals surface area contributed by atoms with Crippen molar-refractivity contribution >= 4 is 11.9 Å². The summed E-state index contributed by atoms with van der Waals surface area (Å²) in [4.78, 5) is 22.5. The average Bonchev–Trinajstić information content (AvgIpc) is 2.37. The summed E-state index contributed by atoms with van der Waals surface area (Å²) >= 11 is 0. The highest BCUT2D eigenvalue weighted by Crippen LogP contribution is 2.20. The SMILES string of the molecule is CC(CCC(C)C(=O)OCC(F)(F)F)C(=O)OCC(F)(F)F. The Bertz CT molecular complexity index is 341. The summed E-state index contributed by atoms with van der Waals surface area (Å²) in [5.41, 5.74) is 0. The molecule has 0 saturated heterocycles. The van der Waals surface area contributed by atoms with E-state index in [1.807, 2.05) is 0 Å². The van der Waals surface area contributed by atoms with Gasteiger partial charge >= 0.3 is 24.3 Å². The number of halogens is 6. The molecule has 0 saturated carbocycles. The number of ether oxygens (including phenoxy) is 2. The van der Waals surface area contributed by atoms with Crippen LogP contribution in [0.3, 0.4) is 0 Å². The number of hydrogen-bond acceptors (Lipinski definition) is 4. The van der Waals surface area contributed by atoms with Gasteiger partial charge in [0.05, 0.1) is 11.8 Å². The molecule has 0 bridgehead atoms. The minimum Gasteiger partial charge on any atom is -0.456 e. The molecule has 0 aromatic carbocycles. The molecule has 0 aromatic heterocycles. The maximum atomic E-state index is 11.9. The third-order valence-electron chi connectivity index (χ3n) is 2.59. The predicted octanol–water partition coefficient (Wildman–Crippen LogP) is 3.25. The Kier molecular flexibility index (Phi) is 7.68. The highest BCUT2D eigenvalue weighted by molar-refractivity contribution is 5.73. The van der Waals surface area contributed by atoms with Crippen LogP contribution in [0.5, 0.6) is 0 Å². The van der Waals surface area contributed by atoms with Gasteiger partial charge in [0.25, 0.3) is 0 Å². The van der Waals surface area contributed by atoms with E-state index in [0.29, 0.717) is 0 Å². The van der Waals surface area contributed by atoms with Crippen LogP contribution in [0.4, 0.5) is 26.3 Å². The molecule has 130 valence electrons. The molecule has 22 heavy (non-hydrogen) atoms. The number of hydrogen-bond donors (Lipinski definition) is 0. The summed E-state index contributed by atoms with van der Waals surface area (Å²) in [6, 6.07) is 0. The minimum atomic E-state index is -4.63. The monoisotopic (exact) mass is 338 g/mol. The Morgan fingerprint density at radius 3 is 1.27 bits per heavy atom. The number of carbonyl (C=O) groups excluding carboxylic acids is 2. The Balaban J connectivity index is 4.10. The Morgan fingerprint density at radius 2 is 1.05 bits per heavy atom. The number of esters is 2. The molecule has 2 atom stereocenters. The van der Waals surface area contributed by atoms with Crippen LogP contribution in [0.25, 0.3) is 0 Å². The number of rotatable bonds is 7. The Hall–Kier alpha value is -1.48. The lowest BCUT2D eigenvalue weighted by atomic mass is 9.98. The fourth-order valence-electron chi connectivity index (χ4n) is 1.33. The van der Waals surface area contributed by atoms with E-state index in [2.05, 4.69) is 9.47 Å². The molecule has 4 nitrogen and oxygen atoms in total. The summed E-state index contributed by atoms with van der Waals surface area (Å²) in [5, 5.41) is 0. The van der Waals surface area contributed by atoms with Gasteiger partial charge in [0.15, 0.2) is 13.2 Å². The number of carbonyl (C=O) groups is 2. The van der Waals surface area contributed by atoms with E-state index >= 15 is 0 Å². The molecule has 0 rings (SSSR count). The first-order valence-corrected chi connectivity index (χ1v) is 6.28. The summed E-state index contributed by atoms with van der Waals surface area (Å²) in [6.45, 7) is -0.822. The molecule has 0 aliphatic heterocycles. The fourth-order valence-corrected chi connectivity index (χ4v) is 1.33. The van der Waals surface area contributed by atoms with Crippen molar-refractivity contribution in [3.8, 4) is 0 Å². The quantitative estimate of drug-likeness (QED) is 0.528. The van der Waals surface area contributed by atoms with Crippen LogP contribution >= 0.6 is 0 Å². The molecule has 0 aromatic rings. The van der Waals surface area contributed by atoms with E-state index in [1.54, 1.807) is 0 Å². The van der Waals surface area contributed by atoms with Crippen LogP contribution in [-0.2, 0) is 19.1 Å². The molecule has 0 N–H and O–H groups in total. The molecule has 0 spiro atoms. The van der Waals surface area contributed by atoms with Gasteiger partial charge in [-0.2, -0.15) is 26.3 Å². The standard InChI is InChI=1S/C12H16F6O4/c1-7(9(19)21-5-11(13,14)15)3-4-8(2)10(20)22-6-12(16,17)18/h7-8H,3-6H2,1-2H3. The van der Waals surface area contributed by atoms with E-state index in [-0.39, 0.29) is 12.8 Å². The lowest BCUT2D eigenvalue weighted by Gasteiger charge is -2.15. The Labute approximate surface area is 122 Å². The number of alkyl halides is 6. The van der Waals surface area contributed by atoms with E-state index in [9.17, 15) is 35.9 Å². The fraction of sp³-hybridized carbons (Fsp3) is 0.833. The van der Waals surface area contributed by atoms with Crippen molar-refractivity contribution in [1.82, 2.24) is 0 Å². The van der Waals surface area contributed by atoms with Crippen molar-refractivity contribution < 1.29 is 45.4 Å². The van der Waals surface area contributed by atoms with Gasteiger partial charge in [-0.25, -0.2) is 0 Å². The third-order valence-corrected chi connectivity index (χ3v) is 2.59. The van der Waals surface area contributed by atoms with Crippen LogP contribution in [0.1, 0.15) is 26.7 Å². The summed E-state index contributed by atoms with van der Waals surface area (Å²) in [6.07, 6.45) is -9.30. The van der Waals surface area contributed by atoms with Crippen molar-refractivity contribution in [3.63, 3.8) is 0 Å². The molecule has 2 unspecified atom stereocenters.